The first-order chi connectivity index (χ1) is 8.81. The first-order valence-electron chi connectivity index (χ1n) is 5.73. The number of carbonyl (C=O) groups excluding carboxylic acids is 1. The van der Waals surface area contributed by atoms with E-state index in [1.165, 1.54) is 12.3 Å². The van der Waals surface area contributed by atoms with Crippen molar-refractivity contribution in [2.24, 2.45) is 5.92 Å². The molecule has 1 rings (SSSR count). The quantitative estimate of drug-likeness (QED) is 0.759. The number of nitrogens with one attached hydrogen (secondary N) is 2. The molecule has 1 atom stereocenters. The minimum atomic E-state index is -1.08. The number of carboxylic acid groups (broad SMARTS) is 1. The van der Waals surface area contributed by atoms with Crippen LogP contribution < -0.4 is 10.9 Å². The summed E-state index contributed by atoms with van der Waals surface area (Å²) in [5.74, 6) is -1.47. The molecular weight excluding hydrogens is 316 g/mol. The van der Waals surface area contributed by atoms with E-state index in [1.807, 2.05) is 13.8 Å². The maximum absolute atomic E-state index is 11.9. The molecule has 0 saturated carbocycles. The highest BCUT2D eigenvalue weighted by Gasteiger charge is 2.22. The number of amides is 1. The summed E-state index contributed by atoms with van der Waals surface area (Å²) in [7, 11) is 0. The van der Waals surface area contributed by atoms with E-state index in [2.05, 4.69) is 26.2 Å². The number of pyridine rings is 1. The van der Waals surface area contributed by atoms with Crippen molar-refractivity contribution < 1.29 is 14.7 Å². The Kier molecular flexibility index (Phi) is 5.29. The van der Waals surface area contributed by atoms with Gasteiger partial charge in [0.1, 0.15) is 6.04 Å². The van der Waals surface area contributed by atoms with Gasteiger partial charge in [-0.05, 0) is 34.3 Å². The van der Waals surface area contributed by atoms with Crippen LogP contribution in [-0.4, -0.2) is 28.0 Å². The largest absolute Gasteiger partial charge is 0.480 e. The van der Waals surface area contributed by atoms with Crippen LogP contribution >= 0.6 is 15.9 Å². The molecule has 0 radical (unpaired) electrons. The van der Waals surface area contributed by atoms with Crippen LogP contribution in [0.25, 0.3) is 0 Å². The third kappa shape index (κ3) is 4.51. The lowest BCUT2D eigenvalue weighted by Crippen LogP contribution is -2.41. The molecule has 0 bridgehead atoms. The molecule has 3 N–H and O–H groups in total. The van der Waals surface area contributed by atoms with Crippen LogP contribution in [0.15, 0.2) is 21.5 Å². The Balaban J connectivity index is 2.84. The van der Waals surface area contributed by atoms with E-state index in [0.717, 1.165) is 0 Å². The third-order valence-electron chi connectivity index (χ3n) is 2.43. The molecule has 0 aliphatic carbocycles. The second-order valence-corrected chi connectivity index (χ2v) is 5.41. The Morgan fingerprint density at radius 1 is 1.47 bits per heavy atom. The number of halogens is 1. The third-order valence-corrected chi connectivity index (χ3v) is 3.02. The molecule has 0 aliphatic rings. The minimum absolute atomic E-state index is 0.142. The Hall–Kier alpha value is -1.63. The normalized spacial score (nSPS) is 12.2. The summed E-state index contributed by atoms with van der Waals surface area (Å²) in [6.07, 6.45) is 1.59. The smallest absolute Gasteiger partial charge is 0.326 e. The molecule has 1 heterocycles. The zero-order valence-electron chi connectivity index (χ0n) is 10.6. The van der Waals surface area contributed by atoms with Crippen molar-refractivity contribution in [2.75, 3.05) is 0 Å². The lowest BCUT2D eigenvalue weighted by Gasteiger charge is -2.16. The Morgan fingerprint density at radius 3 is 2.58 bits per heavy atom. The van der Waals surface area contributed by atoms with Gasteiger partial charge in [0.15, 0.2) is 0 Å². The van der Waals surface area contributed by atoms with Crippen molar-refractivity contribution in [1.29, 1.82) is 0 Å². The fourth-order valence-electron chi connectivity index (χ4n) is 1.52. The van der Waals surface area contributed by atoms with E-state index in [1.54, 1.807) is 0 Å². The van der Waals surface area contributed by atoms with Gasteiger partial charge in [-0.1, -0.05) is 13.8 Å². The van der Waals surface area contributed by atoms with Crippen LogP contribution in [0.2, 0.25) is 0 Å². The number of rotatable bonds is 5. The predicted molar refractivity (Wildman–Crippen MR) is 73.1 cm³/mol. The predicted octanol–water partition coefficient (Wildman–Crippen LogP) is 1.37. The van der Waals surface area contributed by atoms with Crippen LogP contribution in [0, 0.1) is 5.92 Å². The number of aromatic amines is 1. The Morgan fingerprint density at radius 2 is 2.11 bits per heavy atom. The summed E-state index contributed by atoms with van der Waals surface area (Å²) in [4.78, 5) is 36.5. The molecule has 0 fully saturated rings. The molecule has 6 nitrogen and oxygen atoms in total. The molecule has 1 amide bonds. The number of hydrogen-bond acceptors (Lipinski definition) is 3. The van der Waals surface area contributed by atoms with Crippen LogP contribution in [0.5, 0.6) is 0 Å². The monoisotopic (exact) mass is 330 g/mol. The molecule has 19 heavy (non-hydrogen) atoms. The number of H-pyrrole nitrogens is 1. The zero-order chi connectivity index (χ0) is 14.6. The lowest BCUT2D eigenvalue weighted by atomic mass is 10.0. The molecule has 104 valence electrons. The molecular formula is C12H15BrN2O4. The average Bonchev–Trinajstić information content (AvgIpc) is 2.31. The molecule has 1 unspecified atom stereocenters. The summed E-state index contributed by atoms with van der Waals surface area (Å²) in [6.45, 7) is 3.75. The molecule has 0 saturated heterocycles. The van der Waals surface area contributed by atoms with Gasteiger partial charge in [0.2, 0.25) is 0 Å². The average molecular weight is 331 g/mol. The van der Waals surface area contributed by atoms with Gasteiger partial charge in [-0.15, -0.1) is 0 Å². The first kappa shape index (κ1) is 15.4. The van der Waals surface area contributed by atoms with Gasteiger partial charge in [0.05, 0.1) is 10.0 Å². The van der Waals surface area contributed by atoms with Crippen molar-refractivity contribution in [3.05, 3.63) is 32.7 Å². The standard InChI is InChI=1S/C12H15BrN2O4/c1-6(2)3-9(12(18)19)15-10(16)7-4-8(13)11(17)14-5-7/h4-6,9H,3H2,1-2H3,(H,14,17)(H,15,16)(H,18,19). The first-order valence-corrected chi connectivity index (χ1v) is 6.52. The van der Waals surface area contributed by atoms with E-state index < -0.39 is 17.9 Å². The Bertz CT molecular complexity index is 539. The number of aromatic nitrogens is 1. The van der Waals surface area contributed by atoms with E-state index in [4.69, 9.17) is 5.11 Å². The van der Waals surface area contributed by atoms with E-state index in [9.17, 15) is 14.4 Å². The van der Waals surface area contributed by atoms with Gasteiger partial charge in [0, 0.05) is 6.20 Å². The summed E-state index contributed by atoms with van der Waals surface area (Å²) in [5, 5.41) is 11.5. The Labute approximate surface area is 118 Å². The SMILES string of the molecule is CC(C)CC(NC(=O)c1c[nH]c(=O)c(Br)c1)C(=O)O. The van der Waals surface area contributed by atoms with Crippen molar-refractivity contribution in [2.45, 2.75) is 26.3 Å². The highest BCUT2D eigenvalue weighted by atomic mass is 79.9. The van der Waals surface area contributed by atoms with Crippen LogP contribution in [-0.2, 0) is 4.79 Å². The minimum Gasteiger partial charge on any atom is -0.480 e. The molecule has 0 spiro atoms. The molecule has 1 aromatic heterocycles. The summed E-state index contributed by atoms with van der Waals surface area (Å²) in [6, 6.07) is 0.404. The highest BCUT2D eigenvalue weighted by Crippen LogP contribution is 2.08. The van der Waals surface area contributed by atoms with Gasteiger partial charge in [0.25, 0.3) is 11.5 Å². The zero-order valence-corrected chi connectivity index (χ0v) is 12.2. The molecule has 0 aromatic carbocycles. The number of aliphatic carboxylic acids is 1. The van der Waals surface area contributed by atoms with E-state index in [-0.39, 0.29) is 21.5 Å². The van der Waals surface area contributed by atoms with Crippen LogP contribution in [0.1, 0.15) is 30.6 Å². The number of hydrogen-bond donors (Lipinski definition) is 3. The van der Waals surface area contributed by atoms with Crippen LogP contribution in [0.3, 0.4) is 0 Å². The lowest BCUT2D eigenvalue weighted by molar-refractivity contribution is -0.139. The maximum Gasteiger partial charge on any atom is 0.326 e. The number of carbonyl (C=O) groups is 2. The van der Waals surface area contributed by atoms with E-state index in [0.29, 0.717) is 6.42 Å². The molecule has 1 aromatic rings. The topological polar surface area (TPSA) is 99.3 Å². The van der Waals surface area contributed by atoms with Gasteiger partial charge < -0.3 is 15.4 Å². The van der Waals surface area contributed by atoms with Crippen molar-refractivity contribution in [3.63, 3.8) is 0 Å². The van der Waals surface area contributed by atoms with E-state index >= 15 is 0 Å². The summed E-state index contributed by atoms with van der Waals surface area (Å²) < 4.78 is 0.218. The van der Waals surface area contributed by atoms with Gasteiger partial charge in [-0.25, -0.2) is 4.79 Å². The highest BCUT2D eigenvalue weighted by molar-refractivity contribution is 9.10. The summed E-state index contributed by atoms with van der Waals surface area (Å²) in [5.41, 5.74) is -0.157. The van der Waals surface area contributed by atoms with Crippen LogP contribution in [0.4, 0.5) is 0 Å². The molecule has 7 heteroatoms. The van der Waals surface area contributed by atoms with Crippen molar-refractivity contribution in [3.8, 4) is 0 Å². The van der Waals surface area contributed by atoms with Gasteiger partial charge in [-0.2, -0.15) is 0 Å². The fraction of sp³-hybridized carbons (Fsp3) is 0.417. The maximum atomic E-state index is 11.9. The summed E-state index contributed by atoms with van der Waals surface area (Å²) >= 11 is 3.01. The van der Waals surface area contributed by atoms with Crippen molar-refractivity contribution in [1.82, 2.24) is 10.3 Å². The second kappa shape index (κ2) is 6.51. The fourth-order valence-corrected chi connectivity index (χ4v) is 1.88. The molecule has 0 aliphatic heterocycles. The van der Waals surface area contributed by atoms with Gasteiger partial charge in [-0.3, -0.25) is 9.59 Å². The van der Waals surface area contributed by atoms with Gasteiger partial charge >= 0.3 is 5.97 Å². The number of carboxylic acids is 1. The second-order valence-electron chi connectivity index (χ2n) is 4.56. The van der Waals surface area contributed by atoms with Crippen molar-refractivity contribution >= 4 is 27.8 Å².